The van der Waals surface area contributed by atoms with Gasteiger partial charge in [-0.15, -0.1) is 24.8 Å². The molecule has 0 aliphatic carbocycles. The number of nitrogens with zero attached hydrogens (tertiary/aromatic N) is 1. The molecule has 6 N–H and O–H groups in total. The Labute approximate surface area is 217 Å². The zero-order valence-corrected chi connectivity index (χ0v) is 21.4. The molecule has 0 spiro atoms. The summed E-state index contributed by atoms with van der Waals surface area (Å²) in [6.45, 7) is 0.737. The van der Waals surface area contributed by atoms with Crippen molar-refractivity contribution in [3.8, 4) is 11.5 Å². The van der Waals surface area contributed by atoms with Crippen LogP contribution in [0.1, 0.15) is 29.5 Å². The number of hydrogen-bond acceptors (Lipinski definition) is 6. The molecule has 1 aliphatic rings. The average Bonchev–Trinajstić information content (AvgIpc) is 3.32. The summed E-state index contributed by atoms with van der Waals surface area (Å²) in [5, 5.41) is 10.4. The molecule has 0 saturated carbocycles. The number of halogens is 2. The Morgan fingerprint density at radius 2 is 1.83 bits per heavy atom. The second kappa shape index (κ2) is 13.8. The van der Waals surface area contributed by atoms with Crippen LogP contribution in [0.2, 0.25) is 0 Å². The number of amidine groups is 1. The molecule has 2 amide bonds. The number of amides is 2. The smallest absolute Gasteiger partial charge is 0.243 e. The van der Waals surface area contributed by atoms with Crippen molar-refractivity contribution in [2.45, 2.75) is 37.9 Å². The van der Waals surface area contributed by atoms with Gasteiger partial charge in [0, 0.05) is 24.2 Å². The summed E-state index contributed by atoms with van der Waals surface area (Å²) in [4.78, 5) is 27.5. The lowest BCUT2D eigenvalue weighted by molar-refractivity contribution is -0.139. The molecular weight excluding hydrogens is 493 g/mol. The van der Waals surface area contributed by atoms with Gasteiger partial charge in [-0.25, -0.2) is 0 Å². The third-order valence-corrected chi connectivity index (χ3v) is 5.82. The van der Waals surface area contributed by atoms with Crippen molar-refractivity contribution in [2.24, 2.45) is 11.5 Å². The van der Waals surface area contributed by atoms with E-state index < -0.39 is 12.1 Å². The van der Waals surface area contributed by atoms with E-state index in [4.69, 9.17) is 26.4 Å². The van der Waals surface area contributed by atoms with Crippen LogP contribution in [-0.2, 0) is 22.6 Å². The van der Waals surface area contributed by atoms with Crippen LogP contribution in [0.5, 0.6) is 11.5 Å². The molecular formula is C24H33Cl2N5O4. The molecule has 1 fully saturated rings. The summed E-state index contributed by atoms with van der Waals surface area (Å²) in [7, 11) is 3.12. The molecule has 0 radical (unpaired) electrons. The lowest BCUT2D eigenvalue weighted by atomic mass is 10.0. The summed E-state index contributed by atoms with van der Waals surface area (Å²) in [5.41, 5.74) is 14.0. The lowest BCUT2D eigenvalue weighted by Crippen LogP contribution is -2.51. The number of likely N-dealkylation sites (tertiary alicyclic amines) is 1. The summed E-state index contributed by atoms with van der Waals surface area (Å²) >= 11 is 0. The minimum absolute atomic E-state index is 0. The van der Waals surface area contributed by atoms with Crippen molar-refractivity contribution < 1.29 is 19.1 Å². The zero-order chi connectivity index (χ0) is 24.0. The summed E-state index contributed by atoms with van der Waals surface area (Å²) in [6, 6.07) is 11.3. The Morgan fingerprint density at radius 1 is 1.14 bits per heavy atom. The fraction of sp³-hybridized carbons (Fsp3) is 0.375. The lowest BCUT2D eigenvalue weighted by Gasteiger charge is -2.27. The summed E-state index contributed by atoms with van der Waals surface area (Å²) in [6.07, 6.45) is 1.72. The van der Waals surface area contributed by atoms with E-state index in [0.29, 0.717) is 30.7 Å². The highest BCUT2D eigenvalue weighted by molar-refractivity contribution is 5.95. The first-order chi connectivity index (χ1) is 15.8. The number of hydrogen-bond donors (Lipinski definition) is 4. The van der Waals surface area contributed by atoms with Crippen molar-refractivity contribution in [1.29, 1.82) is 5.41 Å². The molecule has 2 aromatic carbocycles. The van der Waals surface area contributed by atoms with E-state index in [2.05, 4.69) is 5.32 Å². The number of benzene rings is 2. The highest BCUT2D eigenvalue weighted by atomic mass is 35.5. The molecule has 2 atom stereocenters. The first-order valence-corrected chi connectivity index (χ1v) is 10.8. The Kier molecular flexibility index (Phi) is 11.8. The van der Waals surface area contributed by atoms with Crippen LogP contribution in [0.15, 0.2) is 42.5 Å². The SMILES string of the molecule is COc1ccc(C[C@H](N)C(=O)N2CCC[C@H]2C(=O)NCc2ccc(C(=N)N)cc2OC)cc1.Cl.Cl. The van der Waals surface area contributed by atoms with Crippen molar-refractivity contribution in [3.05, 3.63) is 59.2 Å². The minimum atomic E-state index is -0.731. The average molecular weight is 526 g/mol. The van der Waals surface area contributed by atoms with Gasteiger partial charge in [0.25, 0.3) is 0 Å². The molecule has 0 bridgehead atoms. The molecule has 1 aliphatic heterocycles. The van der Waals surface area contributed by atoms with Gasteiger partial charge in [0.2, 0.25) is 11.8 Å². The first-order valence-electron chi connectivity index (χ1n) is 10.8. The number of nitrogen functional groups attached to an aromatic ring is 1. The predicted octanol–water partition coefficient (Wildman–Crippen LogP) is 2.01. The molecule has 1 saturated heterocycles. The number of carbonyl (C=O) groups is 2. The summed E-state index contributed by atoms with van der Waals surface area (Å²) < 4.78 is 10.5. The Balaban J connectivity index is 0.00000306. The third kappa shape index (κ3) is 7.48. The van der Waals surface area contributed by atoms with Gasteiger partial charge in [0.05, 0.1) is 20.3 Å². The van der Waals surface area contributed by atoms with E-state index in [9.17, 15) is 9.59 Å². The van der Waals surface area contributed by atoms with Gasteiger partial charge in [0.15, 0.2) is 0 Å². The van der Waals surface area contributed by atoms with Gasteiger partial charge in [-0.1, -0.05) is 24.3 Å². The van der Waals surface area contributed by atoms with Crippen LogP contribution in [0.25, 0.3) is 0 Å². The number of nitrogens with one attached hydrogen (secondary N) is 2. The maximum atomic E-state index is 13.0. The molecule has 11 heteroatoms. The van der Waals surface area contributed by atoms with Crippen LogP contribution in [0.3, 0.4) is 0 Å². The van der Waals surface area contributed by atoms with Crippen LogP contribution in [-0.4, -0.2) is 55.4 Å². The molecule has 9 nitrogen and oxygen atoms in total. The van der Waals surface area contributed by atoms with Gasteiger partial charge in [0.1, 0.15) is 23.4 Å². The molecule has 0 unspecified atom stereocenters. The fourth-order valence-electron chi connectivity index (χ4n) is 3.98. The number of nitrogens with two attached hydrogens (primary N) is 2. The van der Waals surface area contributed by atoms with Crippen molar-refractivity contribution >= 4 is 42.5 Å². The van der Waals surface area contributed by atoms with Gasteiger partial charge in [-0.3, -0.25) is 15.0 Å². The predicted molar refractivity (Wildman–Crippen MR) is 140 cm³/mol. The van der Waals surface area contributed by atoms with Crippen LogP contribution in [0.4, 0.5) is 0 Å². The Morgan fingerprint density at radius 3 is 2.43 bits per heavy atom. The van der Waals surface area contributed by atoms with E-state index >= 15 is 0 Å². The number of rotatable bonds is 9. The van der Waals surface area contributed by atoms with Gasteiger partial charge in [-0.2, -0.15) is 0 Å². The number of carbonyl (C=O) groups excluding carboxylic acids is 2. The second-order valence-corrected chi connectivity index (χ2v) is 8.01. The van der Waals surface area contributed by atoms with Crippen LogP contribution >= 0.6 is 24.8 Å². The van der Waals surface area contributed by atoms with Gasteiger partial charge >= 0.3 is 0 Å². The molecule has 3 rings (SSSR count). The minimum Gasteiger partial charge on any atom is -0.497 e. The van der Waals surface area contributed by atoms with Crippen molar-refractivity contribution in [1.82, 2.24) is 10.2 Å². The fourth-order valence-corrected chi connectivity index (χ4v) is 3.98. The first kappa shape index (κ1) is 30.0. The van der Waals surface area contributed by atoms with E-state index in [-0.39, 0.29) is 49.0 Å². The number of ether oxygens (including phenoxy) is 2. The Bertz CT molecular complexity index is 1020. The van der Waals surface area contributed by atoms with Crippen molar-refractivity contribution in [3.63, 3.8) is 0 Å². The molecule has 192 valence electrons. The van der Waals surface area contributed by atoms with E-state index in [1.807, 2.05) is 24.3 Å². The van der Waals surface area contributed by atoms with Gasteiger partial charge < -0.3 is 31.2 Å². The van der Waals surface area contributed by atoms with E-state index in [1.54, 1.807) is 30.2 Å². The monoisotopic (exact) mass is 525 g/mol. The van der Waals surface area contributed by atoms with Crippen molar-refractivity contribution in [2.75, 3.05) is 20.8 Å². The normalized spacial score (nSPS) is 15.3. The molecule has 2 aromatic rings. The van der Waals surface area contributed by atoms with Crippen LogP contribution in [0, 0.1) is 5.41 Å². The standard InChI is InChI=1S/C24H31N5O4.2ClH/c1-32-18-9-5-15(6-10-18)12-19(25)24(31)29-11-3-4-20(29)23(30)28-14-17-8-7-16(22(26)27)13-21(17)33-2;;/h5-10,13,19-20H,3-4,11-12,14,25H2,1-2H3,(H3,26,27)(H,28,30);2*1H/t19-,20-;;/m0../s1. The molecule has 35 heavy (non-hydrogen) atoms. The topological polar surface area (TPSA) is 144 Å². The summed E-state index contributed by atoms with van der Waals surface area (Å²) in [5.74, 6) is 0.753. The number of methoxy groups -OCH3 is 2. The largest absolute Gasteiger partial charge is 0.497 e. The zero-order valence-electron chi connectivity index (χ0n) is 19.8. The second-order valence-electron chi connectivity index (χ2n) is 8.01. The van der Waals surface area contributed by atoms with E-state index in [1.165, 1.54) is 7.11 Å². The molecule has 0 aromatic heterocycles. The molecule has 1 heterocycles. The highest BCUT2D eigenvalue weighted by Crippen LogP contribution is 2.22. The quantitative estimate of drug-likeness (QED) is 0.291. The maximum Gasteiger partial charge on any atom is 0.243 e. The third-order valence-electron chi connectivity index (χ3n) is 5.82. The highest BCUT2D eigenvalue weighted by Gasteiger charge is 2.36. The van der Waals surface area contributed by atoms with Gasteiger partial charge in [-0.05, 0) is 43.0 Å². The maximum absolute atomic E-state index is 13.0. The Hall–Kier alpha value is -3.01. The van der Waals surface area contributed by atoms with E-state index in [0.717, 1.165) is 23.3 Å². The van der Waals surface area contributed by atoms with Crippen LogP contribution < -0.4 is 26.3 Å².